The Hall–Kier alpha value is -0.940. The zero-order chi connectivity index (χ0) is 12.9. The minimum absolute atomic E-state index is 0.191. The molecule has 0 aromatic heterocycles. The normalized spacial score (nSPS) is 13.7. The Bertz CT molecular complexity index is 255. The lowest BCUT2D eigenvalue weighted by molar-refractivity contribution is -0.164. The van der Waals surface area contributed by atoms with Crippen LogP contribution in [0.3, 0.4) is 0 Å². The highest BCUT2D eigenvalue weighted by Gasteiger charge is 2.29. The molecule has 0 rings (SSSR count). The quantitative estimate of drug-likeness (QED) is 0.423. The van der Waals surface area contributed by atoms with E-state index in [0.717, 1.165) is 0 Å². The van der Waals surface area contributed by atoms with Gasteiger partial charge in [-0.05, 0) is 33.1 Å². The maximum atomic E-state index is 11.6. The molecule has 0 heterocycles. The van der Waals surface area contributed by atoms with Crippen LogP contribution in [0.2, 0.25) is 0 Å². The van der Waals surface area contributed by atoms with E-state index >= 15 is 0 Å². The van der Waals surface area contributed by atoms with Crippen LogP contribution in [0.1, 0.15) is 41.0 Å². The van der Waals surface area contributed by atoms with E-state index in [1.807, 2.05) is 19.3 Å². The van der Waals surface area contributed by atoms with Crippen molar-refractivity contribution in [3.8, 4) is 0 Å². The zero-order valence-corrected chi connectivity index (χ0v) is 10.5. The molecule has 16 heavy (non-hydrogen) atoms. The van der Waals surface area contributed by atoms with E-state index in [2.05, 4.69) is 0 Å². The lowest BCUT2D eigenvalue weighted by atomic mass is 10.0. The van der Waals surface area contributed by atoms with Crippen LogP contribution in [-0.4, -0.2) is 28.6 Å². The second kappa shape index (κ2) is 5.96. The summed E-state index contributed by atoms with van der Waals surface area (Å²) in [4.78, 5) is 23.0. The molecular formula is C11H21NO4. The third-order valence-corrected chi connectivity index (χ3v) is 1.78. The predicted octanol–water partition coefficient (Wildman–Crippen LogP) is 1.29. The Balaban J connectivity index is 4.45. The van der Waals surface area contributed by atoms with Crippen LogP contribution in [0, 0.1) is 5.92 Å². The van der Waals surface area contributed by atoms with Crippen LogP contribution in [-0.2, 0) is 14.3 Å². The number of ether oxygens (including phenoxy) is 1. The van der Waals surface area contributed by atoms with Crippen LogP contribution in [0.25, 0.3) is 0 Å². The smallest absolute Gasteiger partial charge is 0.376 e. The van der Waals surface area contributed by atoms with Gasteiger partial charge in [-0.2, -0.15) is 5.48 Å². The van der Waals surface area contributed by atoms with Gasteiger partial charge in [0.25, 0.3) is 5.78 Å². The third-order valence-electron chi connectivity index (χ3n) is 1.78. The lowest BCUT2D eigenvalue weighted by Crippen LogP contribution is -2.42. The SMILES string of the molecule is CC(C)C[C@H](NO)C(=O)C(=O)OC(C)(C)C. The highest BCUT2D eigenvalue weighted by Crippen LogP contribution is 2.10. The third kappa shape index (κ3) is 5.82. The summed E-state index contributed by atoms with van der Waals surface area (Å²) in [6.07, 6.45) is 0.384. The van der Waals surface area contributed by atoms with E-state index in [1.165, 1.54) is 0 Å². The first-order chi connectivity index (χ1) is 7.17. The number of rotatable bonds is 5. The molecule has 0 aromatic carbocycles. The molecule has 0 amide bonds. The van der Waals surface area contributed by atoms with Gasteiger partial charge in [0.15, 0.2) is 0 Å². The van der Waals surface area contributed by atoms with Crippen LogP contribution < -0.4 is 5.48 Å². The number of hydroxylamine groups is 1. The molecule has 0 spiro atoms. The fourth-order valence-electron chi connectivity index (χ4n) is 1.16. The molecule has 1 atom stereocenters. The van der Waals surface area contributed by atoms with Gasteiger partial charge < -0.3 is 9.94 Å². The fourth-order valence-corrected chi connectivity index (χ4v) is 1.16. The molecule has 0 aliphatic carbocycles. The Kier molecular flexibility index (Phi) is 5.61. The highest BCUT2D eigenvalue weighted by molar-refractivity contribution is 6.35. The number of carbonyl (C=O) groups excluding carboxylic acids is 2. The van der Waals surface area contributed by atoms with Crippen LogP contribution >= 0.6 is 0 Å². The summed E-state index contributed by atoms with van der Waals surface area (Å²) in [5.74, 6) is -1.47. The summed E-state index contributed by atoms with van der Waals surface area (Å²) in [5, 5.41) is 8.81. The van der Waals surface area contributed by atoms with Gasteiger partial charge in [-0.25, -0.2) is 4.79 Å². The summed E-state index contributed by atoms with van der Waals surface area (Å²) < 4.78 is 4.92. The van der Waals surface area contributed by atoms with Crippen LogP contribution in [0.5, 0.6) is 0 Å². The molecule has 0 aliphatic heterocycles. The molecule has 2 N–H and O–H groups in total. The number of Topliss-reactive ketones (excluding diaryl/α,β-unsaturated/α-hetero) is 1. The number of carbonyl (C=O) groups is 2. The molecule has 0 fully saturated rings. The second-order valence-electron chi connectivity index (χ2n) is 5.18. The number of esters is 1. The molecular weight excluding hydrogens is 210 g/mol. The van der Waals surface area contributed by atoms with Crippen molar-refractivity contribution in [3.63, 3.8) is 0 Å². The van der Waals surface area contributed by atoms with E-state index in [4.69, 9.17) is 9.94 Å². The molecule has 0 saturated heterocycles. The Morgan fingerprint density at radius 3 is 2.12 bits per heavy atom. The maximum Gasteiger partial charge on any atom is 0.376 e. The molecule has 0 radical (unpaired) electrons. The first-order valence-electron chi connectivity index (χ1n) is 5.34. The van der Waals surface area contributed by atoms with Gasteiger partial charge in [-0.15, -0.1) is 0 Å². The van der Waals surface area contributed by atoms with Gasteiger partial charge in [-0.3, -0.25) is 4.79 Å². The largest absolute Gasteiger partial charge is 0.454 e. The van der Waals surface area contributed by atoms with Crippen molar-refractivity contribution in [1.82, 2.24) is 5.48 Å². The van der Waals surface area contributed by atoms with Crippen molar-refractivity contribution in [2.45, 2.75) is 52.7 Å². The molecule has 94 valence electrons. The van der Waals surface area contributed by atoms with Gasteiger partial charge in [0, 0.05) is 0 Å². The number of nitrogens with one attached hydrogen (secondary N) is 1. The minimum Gasteiger partial charge on any atom is -0.454 e. The Labute approximate surface area is 96.1 Å². The first kappa shape index (κ1) is 15.1. The summed E-state index contributed by atoms with van der Waals surface area (Å²) in [6, 6.07) is -0.894. The van der Waals surface area contributed by atoms with E-state index in [0.29, 0.717) is 6.42 Å². The summed E-state index contributed by atoms with van der Waals surface area (Å²) >= 11 is 0. The van der Waals surface area contributed by atoms with Crippen molar-refractivity contribution in [1.29, 1.82) is 0 Å². The van der Waals surface area contributed by atoms with Gasteiger partial charge in [-0.1, -0.05) is 13.8 Å². The highest BCUT2D eigenvalue weighted by atomic mass is 16.6. The van der Waals surface area contributed by atoms with E-state index < -0.39 is 23.4 Å². The van der Waals surface area contributed by atoms with Crippen molar-refractivity contribution in [3.05, 3.63) is 0 Å². The van der Waals surface area contributed by atoms with Crippen LogP contribution in [0.4, 0.5) is 0 Å². The second-order valence-corrected chi connectivity index (χ2v) is 5.18. The summed E-state index contributed by atoms with van der Waals surface area (Å²) in [6.45, 7) is 8.84. The van der Waals surface area contributed by atoms with E-state index in [1.54, 1.807) is 20.8 Å². The maximum absolute atomic E-state index is 11.6. The van der Waals surface area contributed by atoms with Gasteiger partial charge in [0.05, 0.1) is 0 Å². The van der Waals surface area contributed by atoms with Crippen molar-refractivity contribution < 1.29 is 19.5 Å². The topological polar surface area (TPSA) is 75.6 Å². The van der Waals surface area contributed by atoms with Crippen LogP contribution in [0.15, 0.2) is 0 Å². The molecule has 0 aliphatic rings. The molecule has 0 saturated carbocycles. The predicted molar refractivity (Wildman–Crippen MR) is 59.0 cm³/mol. The number of ketones is 1. The van der Waals surface area contributed by atoms with Crippen molar-refractivity contribution in [2.75, 3.05) is 0 Å². The zero-order valence-electron chi connectivity index (χ0n) is 10.5. The summed E-state index contributed by atoms with van der Waals surface area (Å²) in [7, 11) is 0. The molecule has 0 unspecified atom stereocenters. The molecule has 0 aromatic rings. The molecule has 0 bridgehead atoms. The average molecular weight is 231 g/mol. The summed E-state index contributed by atoms with van der Waals surface area (Å²) in [5.41, 5.74) is 1.15. The Morgan fingerprint density at radius 2 is 1.81 bits per heavy atom. The van der Waals surface area contributed by atoms with Gasteiger partial charge in [0.2, 0.25) is 0 Å². The van der Waals surface area contributed by atoms with Crippen molar-refractivity contribution >= 4 is 11.8 Å². The average Bonchev–Trinajstić information content (AvgIpc) is 2.09. The van der Waals surface area contributed by atoms with E-state index in [9.17, 15) is 9.59 Å². The number of hydrogen-bond donors (Lipinski definition) is 2. The molecule has 5 nitrogen and oxygen atoms in total. The monoisotopic (exact) mass is 231 g/mol. The molecule has 5 heteroatoms. The standard InChI is InChI=1S/C11H21NO4/c1-7(2)6-8(12-15)9(13)10(14)16-11(3,4)5/h7-8,12,15H,6H2,1-5H3/t8-/m0/s1. The number of hydrogen-bond acceptors (Lipinski definition) is 5. The fraction of sp³-hybridized carbons (Fsp3) is 0.818. The van der Waals surface area contributed by atoms with E-state index in [-0.39, 0.29) is 5.92 Å². The Morgan fingerprint density at radius 1 is 1.31 bits per heavy atom. The van der Waals surface area contributed by atoms with Crippen molar-refractivity contribution in [2.24, 2.45) is 5.92 Å². The minimum atomic E-state index is -0.917. The van der Waals surface area contributed by atoms with Gasteiger partial charge in [0.1, 0.15) is 11.6 Å². The lowest BCUT2D eigenvalue weighted by Gasteiger charge is -2.21. The first-order valence-corrected chi connectivity index (χ1v) is 5.34. The van der Waals surface area contributed by atoms with Gasteiger partial charge >= 0.3 is 5.97 Å².